The fraction of sp³-hybridized carbons (Fsp3) is 0.538. The number of hydrogen-bond donors (Lipinski definition) is 1. The average Bonchev–Trinajstić information content (AvgIpc) is 2.83. The molecule has 92 valence electrons. The molecule has 0 radical (unpaired) electrons. The highest BCUT2D eigenvalue weighted by Gasteiger charge is 2.23. The van der Waals surface area contributed by atoms with E-state index in [0.29, 0.717) is 6.10 Å². The minimum atomic E-state index is 0.410. The average molecular weight is 250 g/mol. The van der Waals surface area contributed by atoms with Crippen molar-refractivity contribution < 1.29 is 4.74 Å². The molecule has 1 aromatic carbocycles. The van der Waals surface area contributed by atoms with E-state index in [1.54, 1.807) is 0 Å². The van der Waals surface area contributed by atoms with Crippen molar-refractivity contribution in [3.63, 3.8) is 0 Å². The van der Waals surface area contributed by atoms with Crippen LogP contribution in [0.5, 0.6) is 0 Å². The lowest BCUT2D eigenvalue weighted by Gasteiger charge is -2.32. The summed E-state index contributed by atoms with van der Waals surface area (Å²) in [5.41, 5.74) is 8.02. The summed E-state index contributed by atoms with van der Waals surface area (Å²) in [6.45, 7) is 3.04. The first kappa shape index (κ1) is 11.2. The Hall–Kier alpha value is -0.870. The molecule has 2 aliphatic heterocycles. The maximum absolute atomic E-state index is 5.89. The first-order valence-electron chi connectivity index (χ1n) is 6.22. The molecule has 0 bridgehead atoms. The van der Waals surface area contributed by atoms with E-state index in [2.05, 4.69) is 17.0 Å². The van der Waals surface area contributed by atoms with Crippen molar-refractivity contribution in [2.24, 2.45) is 0 Å². The highest BCUT2D eigenvalue weighted by molar-refractivity contribution is 7.99. The van der Waals surface area contributed by atoms with Crippen LogP contribution in [0.25, 0.3) is 0 Å². The van der Waals surface area contributed by atoms with Gasteiger partial charge in [-0.15, -0.1) is 11.8 Å². The first-order chi connectivity index (χ1) is 8.33. The molecule has 3 rings (SSSR count). The predicted molar refractivity (Wildman–Crippen MR) is 72.8 cm³/mol. The van der Waals surface area contributed by atoms with Gasteiger partial charge in [0.15, 0.2) is 0 Å². The Morgan fingerprint density at radius 2 is 2.41 bits per heavy atom. The van der Waals surface area contributed by atoms with E-state index in [1.807, 2.05) is 17.8 Å². The van der Waals surface area contributed by atoms with Gasteiger partial charge in [-0.1, -0.05) is 0 Å². The molecule has 3 nitrogen and oxygen atoms in total. The minimum absolute atomic E-state index is 0.410. The van der Waals surface area contributed by atoms with Gasteiger partial charge >= 0.3 is 0 Å². The normalized spacial score (nSPS) is 23.8. The molecule has 2 aliphatic rings. The Bertz CT molecular complexity index is 404. The second kappa shape index (κ2) is 4.78. The Morgan fingerprint density at radius 1 is 1.47 bits per heavy atom. The topological polar surface area (TPSA) is 38.5 Å². The maximum Gasteiger partial charge on any atom is 0.0750 e. The van der Waals surface area contributed by atoms with E-state index in [-0.39, 0.29) is 0 Å². The van der Waals surface area contributed by atoms with Crippen molar-refractivity contribution in [2.75, 3.05) is 36.1 Å². The fourth-order valence-electron chi connectivity index (χ4n) is 2.51. The molecule has 2 N–H and O–H groups in total. The SMILES string of the molecule is Nc1ccc2c(c1)N(CC1CCCO1)CCS2. The van der Waals surface area contributed by atoms with Gasteiger partial charge in [0.25, 0.3) is 0 Å². The standard InChI is InChI=1S/C13H18N2OS/c14-10-3-4-13-12(8-10)15(5-7-17-13)9-11-2-1-6-16-11/h3-4,8,11H,1-2,5-7,9,14H2. The first-order valence-corrected chi connectivity index (χ1v) is 7.20. The summed E-state index contributed by atoms with van der Waals surface area (Å²) < 4.78 is 5.72. The molecule has 0 aliphatic carbocycles. The van der Waals surface area contributed by atoms with E-state index in [9.17, 15) is 0 Å². The summed E-state index contributed by atoms with van der Waals surface area (Å²) in [7, 11) is 0. The van der Waals surface area contributed by atoms with Crippen LogP contribution < -0.4 is 10.6 Å². The number of anilines is 2. The molecule has 1 saturated heterocycles. The molecule has 1 aromatic rings. The molecule has 1 unspecified atom stereocenters. The van der Waals surface area contributed by atoms with Crippen LogP contribution in [0.4, 0.5) is 11.4 Å². The zero-order chi connectivity index (χ0) is 11.7. The molecular weight excluding hydrogens is 232 g/mol. The molecule has 0 spiro atoms. The van der Waals surface area contributed by atoms with Crippen molar-refractivity contribution in [2.45, 2.75) is 23.8 Å². The fourth-order valence-corrected chi connectivity index (χ4v) is 3.55. The molecule has 4 heteroatoms. The number of thioether (sulfide) groups is 1. The van der Waals surface area contributed by atoms with Crippen LogP contribution >= 0.6 is 11.8 Å². The molecule has 1 fully saturated rings. The number of nitrogen functional groups attached to an aromatic ring is 1. The lowest BCUT2D eigenvalue weighted by molar-refractivity contribution is 0.115. The van der Waals surface area contributed by atoms with Gasteiger partial charge in [-0.3, -0.25) is 0 Å². The number of nitrogens with two attached hydrogens (primary N) is 1. The minimum Gasteiger partial charge on any atom is -0.399 e. The van der Waals surface area contributed by atoms with Gasteiger partial charge in [-0.05, 0) is 31.0 Å². The Balaban J connectivity index is 1.80. The second-order valence-electron chi connectivity index (χ2n) is 4.66. The van der Waals surface area contributed by atoms with Gasteiger partial charge in [0, 0.05) is 36.0 Å². The van der Waals surface area contributed by atoms with Gasteiger partial charge in [-0.2, -0.15) is 0 Å². The highest BCUT2D eigenvalue weighted by atomic mass is 32.2. The molecule has 17 heavy (non-hydrogen) atoms. The molecule has 0 aromatic heterocycles. The maximum atomic E-state index is 5.89. The van der Waals surface area contributed by atoms with Crippen LogP contribution in [0.15, 0.2) is 23.1 Å². The Labute approximate surface area is 106 Å². The van der Waals surface area contributed by atoms with Crippen LogP contribution in [-0.2, 0) is 4.74 Å². The van der Waals surface area contributed by atoms with Crippen molar-refractivity contribution in [3.8, 4) is 0 Å². The van der Waals surface area contributed by atoms with E-state index in [1.165, 1.54) is 23.4 Å². The molecular formula is C13H18N2OS. The third-order valence-corrected chi connectivity index (χ3v) is 4.43. The quantitative estimate of drug-likeness (QED) is 0.818. The largest absolute Gasteiger partial charge is 0.399 e. The van der Waals surface area contributed by atoms with Crippen LogP contribution in [-0.4, -0.2) is 31.6 Å². The number of rotatable bonds is 2. The van der Waals surface area contributed by atoms with Gasteiger partial charge in [0.05, 0.1) is 11.8 Å². The van der Waals surface area contributed by atoms with Crippen molar-refractivity contribution >= 4 is 23.1 Å². The summed E-state index contributed by atoms with van der Waals surface area (Å²) in [5, 5.41) is 0. The number of ether oxygens (including phenoxy) is 1. The third kappa shape index (κ3) is 2.38. The van der Waals surface area contributed by atoms with Crippen molar-refractivity contribution in [1.29, 1.82) is 0 Å². The van der Waals surface area contributed by atoms with Gasteiger partial charge in [0.1, 0.15) is 0 Å². The lowest BCUT2D eigenvalue weighted by atomic mass is 10.2. The van der Waals surface area contributed by atoms with E-state index < -0.39 is 0 Å². The van der Waals surface area contributed by atoms with Crippen LogP contribution in [0.2, 0.25) is 0 Å². The van der Waals surface area contributed by atoms with Crippen LogP contribution in [0.3, 0.4) is 0 Å². The van der Waals surface area contributed by atoms with Crippen molar-refractivity contribution in [3.05, 3.63) is 18.2 Å². The number of benzene rings is 1. The summed E-state index contributed by atoms with van der Waals surface area (Å²) in [4.78, 5) is 3.78. The smallest absolute Gasteiger partial charge is 0.0750 e. The van der Waals surface area contributed by atoms with Crippen LogP contribution in [0, 0.1) is 0 Å². The van der Waals surface area contributed by atoms with Gasteiger partial charge < -0.3 is 15.4 Å². The predicted octanol–water partition coefficient (Wildman–Crippen LogP) is 2.36. The lowest BCUT2D eigenvalue weighted by Crippen LogP contribution is -2.36. The van der Waals surface area contributed by atoms with E-state index in [0.717, 1.165) is 31.1 Å². The molecule has 0 saturated carbocycles. The number of nitrogens with zero attached hydrogens (tertiary/aromatic N) is 1. The zero-order valence-electron chi connectivity index (χ0n) is 9.89. The van der Waals surface area contributed by atoms with Crippen LogP contribution in [0.1, 0.15) is 12.8 Å². The molecule has 0 amide bonds. The van der Waals surface area contributed by atoms with E-state index >= 15 is 0 Å². The number of hydrogen-bond acceptors (Lipinski definition) is 4. The van der Waals surface area contributed by atoms with Crippen molar-refractivity contribution in [1.82, 2.24) is 0 Å². The number of fused-ring (bicyclic) bond motifs is 1. The van der Waals surface area contributed by atoms with Gasteiger partial charge in [-0.25, -0.2) is 0 Å². The Kier molecular flexibility index (Phi) is 3.16. The summed E-state index contributed by atoms with van der Waals surface area (Å²) >= 11 is 1.92. The highest BCUT2D eigenvalue weighted by Crippen LogP contribution is 2.36. The molecule has 1 atom stereocenters. The zero-order valence-corrected chi connectivity index (χ0v) is 10.7. The summed E-state index contributed by atoms with van der Waals surface area (Å²) in [6, 6.07) is 6.22. The Morgan fingerprint density at radius 3 is 3.24 bits per heavy atom. The van der Waals surface area contributed by atoms with Gasteiger partial charge in [0.2, 0.25) is 0 Å². The van der Waals surface area contributed by atoms with E-state index in [4.69, 9.17) is 10.5 Å². The summed E-state index contributed by atoms with van der Waals surface area (Å²) in [6.07, 6.45) is 2.81. The second-order valence-corrected chi connectivity index (χ2v) is 5.79. The summed E-state index contributed by atoms with van der Waals surface area (Å²) in [5.74, 6) is 1.16. The third-order valence-electron chi connectivity index (χ3n) is 3.39. The monoisotopic (exact) mass is 250 g/mol. The molecule has 2 heterocycles.